The Kier molecular flexibility index (Phi) is 4.54. The van der Waals surface area contributed by atoms with Crippen molar-refractivity contribution in [3.8, 4) is 16.9 Å². The molecule has 2 aromatic heterocycles. The van der Waals surface area contributed by atoms with Crippen LogP contribution in [0.15, 0.2) is 48.8 Å². The summed E-state index contributed by atoms with van der Waals surface area (Å²) in [6.07, 6.45) is 3.40. The third-order valence-corrected chi connectivity index (χ3v) is 4.69. The van der Waals surface area contributed by atoms with Crippen LogP contribution in [0.4, 0.5) is 14.5 Å². The third kappa shape index (κ3) is 3.21. The minimum Gasteiger partial charge on any atom is -0.435 e. The maximum atomic E-state index is 13.3. The predicted octanol–water partition coefficient (Wildman–Crippen LogP) is 4.08. The SMILES string of the molecule is Cc1cc(-c2cnn3c2C(=O)N(c2ccc(OC(F)F)cc2)C[C@@H]3C)ccn1. The average molecular weight is 384 g/mol. The molecule has 1 amide bonds. The normalized spacial score (nSPS) is 16.4. The summed E-state index contributed by atoms with van der Waals surface area (Å²) in [7, 11) is 0. The highest BCUT2D eigenvalue weighted by molar-refractivity contribution is 6.09. The van der Waals surface area contributed by atoms with Crippen molar-refractivity contribution in [3.63, 3.8) is 0 Å². The van der Waals surface area contributed by atoms with E-state index in [1.54, 1.807) is 34.1 Å². The van der Waals surface area contributed by atoms with E-state index in [1.807, 2.05) is 26.0 Å². The molecule has 6 nitrogen and oxygen atoms in total. The van der Waals surface area contributed by atoms with Gasteiger partial charge in [0.1, 0.15) is 11.4 Å². The molecule has 8 heteroatoms. The van der Waals surface area contributed by atoms with Gasteiger partial charge in [0.25, 0.3) is 5.91 Å². The van der Waals surface area contributed by atoms with Crippen LogP contribution >= 0.6 is 0 Å². The Morgan fingerprint density at radius 2 is 1.96 bits per heavy atom. The Morgan fingerprint density at radius 3 is 2.64 bits per heavy atom. The summed E-state index contributed by atoms with van der Waals surface area (Å²) in [5.74, 6) is -0.142. The molecule has 0 radical (unpaired) electrons. The Morgan fingerprint density at radius 1 is 1.21 bits per heavy atom. The molecule has 0 aliphatic carbocycles. The van der Waals surface area contributed by atoms with E-state index in [9.17, 15) is 13.6 Å². The maximum Gasteiger partial charge on any atom is 0.387 e. The number of rotatable bonds is 4. The molecule has 28 heavy (non-hydrogen) atoms. The number of carbonyl (C=O) groups excluding carboxylic acids is 1. The molecule has 1 aliphatic heterocycles. The number of aromatic nitrogens is 3. The lowest BCUT2D eigenvalue weighted by Gasteiger charge is -2.32. The van der Waals surface area contributed by atoms with Crippen LogP contribution in [0.2, 0.25) is 0 Å². The summed E-state index contributed by atoms with van der Waals surface area (Å²) >= 11 is 0. The fourth-order valence-corrected chi connectivity index (χ4v) is 3.42. The average Bonchev–Trinajstić information content (AvgIpc) is 3.11. The molecule has 1 aliphatic rings. The van der Waals surface area contributed by atoms with E-state index in [-0.39, 0.29) is 17.7 Å². The fourth-order valence-electron chi connectivity index (χ4n) is 3.42. The Hall–Kier alpha value is -3.29. The van der Waals surface area contributed by atoms with Crippen molar-refractivity contribution in [2.45, 2.75) is 26.5 Å². The van der Waals surface area contributed by atoms with Gasteiger partial charge in [-0.2, -0.15) is 13.9 Å². The van der Waals surface area contributed by atoms with E-state index in [2.05, 4.69) is 14.8 Å². The first-order valence-corrected chi connectivity index (χ1v) is 8.81. The van der Waals surface area contributed by atoms with Crippen molar-refractivity contribution in [3.05, 3.63) is 60.2 Å². The van der Waals surface area contributed by atoms with Gasteiger partial charge in [0.05, 0.1) is 12.2 Å². The van der Waals surface area contributed by atoms with Gasteiger partial charge in [-0.1, -0.05) is 0 Å². The highest BCUT2D eigenvalue weighted by atomic mass is 19.3. The van der Waals surface area contributed by atoms with Gasteiger partial charge in [-0.05, 0) is 55.8 Å². The molecule has 3 heterocycles. The molecule has 0 spiro atoms. The standard InChI is InChI=1S/C20H18F2N4O2/c1-12-9-14(7-8-23-12)17-10-24-26-13(2)11-25(19(27)18(17)26)15-3-5-16(6-4-15)28-20(21)22/h3-10,13,20H,11H2,1-2H3/t13-/m0/s1. The number of benzene rings is 1. The van der Waals surface area contributed by atoms with Gasteiger partial charge in [0, 0.05) is 29.7 Å². The molecule has 1 aromatic carbocycles. The number of alkyl halides is 2. The zero-order valence-corrected chi connectivity index (χ0v) is 15.3. The van der Waals surface area contributed by atoms with Crippen LogP contribution in [0.5, 0.6) is 5.75 Å². The van der Waals surface area contributed by atoms with E-state index >= 15 is 0 Å². The van der Waals surface area contributed by atoms with E-state index in [0.717, 1.165) is 16.8 Å². The number of ether oxygens (including phenoxy) is 1. The first-order valence-electron chi connectivity index (χ1n) is 8.81. The number of aryl methyl sites for hydroxylation is 1. The van der Waals surface area contributed by atoms with Crippen molar-refractivity contribution in [2.24, 2.45) is 0 Å². The van der Waals surface area contributed by atoms with Gasteiger partial charge in [0.2, 0.25) is 0 Å². The number of pyridine rings is 1. The van der Waals surface area contributed by atoms with Crippen LogP contribution in [0.1, 0.15) is 29.1 Å². The van der Waals surface area contributed by atoms with E-state index in [0.29, 0.717) is 17.9 Å². The molecule has 1 atom stereocenters. The monoisotopic (exact) mass is 384 g/mol. The number of nitrogens with zero attached hydrogens (tertiary/aromatic N) is 4. The molecule has 0 bridgehead atoms. The van der Waals surface area contributed by atoms with Gasteiger partial charge in [0.15, 0.2) is 0 Å². The number of anilines is 1. The summed E-state index contributed by atoms with van der Waals surface area (Å²) < 4.78 is 30.8. The lowest BCUT2D eigenvalue weighted by atomic mass is 10.0. The van der Waals surface area contributed by atoms with Crippen molar-refractivity contribution in [1.82, 2.24) is 14.8 Å². The van der Waals surface area contributed by atoms with Crippen LogP contribution in [0.3, 0.4) is 0 Å². The van der Waals surface area contributed by atoms with Gasteiger partial charge in [-0.15, -0.1) is 0 Å². The second-order valence-corrected chi connectivity index (χ2v) is 6.67. The molecular formula is C20H18F2N4O2. The molecule has 144 valence electrons. The van der Waals surface area contributed by atoms with Gasteiger partial charge >= 0.3 is 6.61 Å². The van der Waals surface area contributed by atoms with Crippen LogP contribution < -0.4 is 9.64 Å². The Bertz CT molecular complexity index is 1020. The zero-order valence-electron chi connectivity index (χ0n) is 15.3. The van der Waals surface area contributed by atoms with Crippen molar-refractivity contribution in [2.75, 3.05) is 11.4 Å². The number of amides is 1. The number of fused-ring (bicyclic) bond motifs is 1. The first-order chi connectivity index (χ1) is 13.4. The van der Waals surface area contributed by atoms with E-state index < -0.39 is 6.61 Å². The summed E-state index contributed by atoms with van der Waals surface area (Å²) in [5.41, 5.74) is 3.57. The highest BCUT2D eigenvalue weighted by Crippen LogP contribution is 2.33. The van der Waals surface area contributed by atoms with Crippen molar-refractivity contribution >= 4 is 11.6 Å². The molecular weight excluding hydrogens is 366 g/mol. The van der Waals surface area contributed by atoms with Crippen molar-refractivity contribution in [1.29, 1.82) is 0 Å². The number of halogens is 2. The quantitative estimate of drug-likeness (QED) is 0.680. The summed E-state index contributed by atoms with van der Waals surface area (Å²) in [5, 5.41) is 4.41. The van der Waals surface area contributed by atoms with E-state index in [1.165, 1.54) is 12.1 Å². The van der Waals surface area contributed by atoms with Crippen LogP contribution in [-0.2, 0) is 0 Å². The Balaban J connectivity index is 1.70. The van der Waals surface area contributed by atoms with Gasteiger partial charge < -0.3 is 9.64 Å². The molecule has 3 aromatic rings. The second-order valence-electron chi connectivity index (χ2n) is 6.67. The summed E-state index contributed by atoms with van der Waals surface area (Å²) in [6, 6.07) is 9.77. The fraction of sp³-hybridized carbons (Fsp3) is 0.250. The van der Waals surface area contributed by atoms with Gasteiger partial charge in [-0.25, -0.2) is 0 Å². The van der Waals surface area contributed by atoms with Crippen molar-refractivity contribution < 1.29 is 18.3 Å². The topological polar surface area (TPSA) is 60.2 Å². The third-order valence-electron chi connectivity index (χ3n) is 4.69. The molecule has 0 fully saturated rings. The minimum atomic E-state index is -2.89. The Labute approximate surface area is 160 Å². The lowest BCUT2D eigenvalue weighted by molar-refractivity contribution is -0.0498. The first kappa shape index (κ1) is 18.1. The molecule has 0 saturated carbocycles. The maximum absolute atomic E-state index is 13.3. The second kappa shape index (κ2) is 7.03. The predicted molar refractivity (Wildman–Crippen MR) is 99.7 cm³/mol. The smallest absolute Gasteiger partial charge is 0.387 e. The largest absolute Gasteiger partial charge is 0.435 e. The van der Waals surface area contributed by atoms with Gasteiger partial charge in [-0.3, -0.25) is 14.5 Å². The lowest BCUT2D eigenvalue weighted by Crippen LogP contribution is -2.42. The minimum absolute atomic E-state index is 0.0404. The van der Waals surface area contributed by atoms with Crippen LogP contribution in [0, 0.1) is 6.92 Å². The highest BCUT2D eigenvalue weighted by Gasteiger charge is 2.33. The van der Waals surface area contributed by atoms with Crippen LogP contribution in [-0.4, -0.2) is 33.8 Å². The molecule has 0 N–H and O–H groups in total. The number of carbonyl (C=O) groups is 1. The van der Waals surface area contributed by atoms with E-state index in [4.69, 9.17) is 0 Å². The number of hydrogen-bond acceptors (Lipinski definition) is 4. The molecule has 0 unspecified atom stereocenters. The van der Waals surface area contributed by atoms with Crippen LogP contribution in [0.25, 0.3) is 11.1 Å². The molecule has 0 saturated heterocycles. The molecule has 4 rings (SSSR count). The summed E-state index contributed by atoms with van der Waals surface area (Å²) in [6.45, 7) is 1.41. The summed E-state index contributed by atoms with van der Waals surface area (Å²) in [4.78, 5) is 19.1. The number of hydrogen-bond donors (Lipinski definition) is 0. The zero-order chi connectivity index (χ0) is 19.8.